The molecule has 1 aromatic rings. The van der Waals surface area contributed by atoms with Crippen LogP contribution in [0.1, 0.15) is 25.1 Å². The summed E-state index contributed by atoms with van der Waals surface area (Å²) in [5, 5.41) is 13.4. The Morgan fingerprint density at radius 1 is 1.40 bits per heavy atom. The van der Waals surface area contributed by atoms with E-state index in [9.17, 15) is 10.1 Å². The Bertz CT molecular complexity index is 704. The molecule has 0 aromatic carbocycles. The molecule has 1 fully saturated rings. The predicted molar refractivity (Wildman–Crippen MR) is 97.7 cm³/mol. The topological polar surface area (TPSA) is 68.9 Å². The van der Waals surface area contributed by atoms with Crippen LogP contribution < -0.4 is 0 Å². The smallest absolute Gasteiger partial charge is 0.266 e. The molecule has 1 aromatic heterocycles. The van der Waals surface area contributed by atoms with E-state index in [-0.39, 0.29) is 17.9 Å². The van der Waals surface area contributed by atoms with Crippen molar-refractivity contribution in [1.82, 2.24) is 9.80 Å². The first kappa shape index (κ1) is 18.2. The van der Waals surface area contributed by atoms with E-state index in [0.29, 0.717) is 36.9 Å². The number of piperazine rings is 1. The second-order valence-corrected chi connectivity index (χ2v) is 8.33. The van der Waals surface area contributed by atoms with Crippen LogP contribution in [0.3, 0.4) is 0 Å². The quantitative estimate of drug-likeness (QED) is 0.805. The number of amides is 1. The number of hydrogen-bond acceptors (Lipinski definition) is 6. The van der Waals surface area contributed by atoms with Crippen molar-refractivity contribution in [2.24, 2.45) is 11.1 Å². The Morgan fingerprint density at radius 3 is 2.68 bits per heavy atom. The lowest BCUT2D eigenvalue weighted by molar-refractivity contribution is -0.144. The molecule has 0 radical (unpaired) electrons. The second kappa shape index (κ2) is 7.73. The largest absolute Gasteiger partial charge is 0.382 e. The maximum Gasteiger partial charge on any atom is 0.266 e. The highest BCUT2D eigenvalue weighted by Crippen LogP contribution is 2.27. The van der Waals surface area contributed by atoms with Crippen molar-refractivity contribution in [2.75, 3.05) is 26.2 Å². The van der Waals surface area contributed by atoms with Crippen LogP contribution in [0.2, 0.25) is 4.34 Å². The number of rotatable bonds is 4. The van der Waals surface area contributed by atoms with E-state index in [1.54, 1.807) is 0 Å². The molecule has 134 valence electrons. The van der Waals surface area contributed by atoms with Gasteiger partial charge < -0.3 is 9.74 Å². The van der Waals surface area contributed by atoms with Crippen LogP contribution in [0.4, 0.5) is 0 Å². The van der Waals surface area contributed by atoms with Crippen molar-refractivity contribution in [1.29, 1.82) is 5.26 Å². The molecule has 8 heteroatoms. The van der Waals surface area contributed by atoms with Crippen LogP contribution in [-0.4, -0.2) is 59.7 Å². The van der Waals surface area contributed by atoms with Crippen LogP contribution in [0.15, 0.2) is 17.3 Å². The number of thiophene rings is 1. The molecule has 0 N–H and O–H groups in total. The summed E-state index contributed by atoms with van der Waals surface area (Å²) in [7, 11) is 0. The van der Waals surface area contributed by atoms with Gasteiger partial charge in [-0.3, -0.25) is 9.69 Å². The van der Waals surface area contributed by atoms with E-state index in [4.69, 9.17) is 16.4 Å². The number of nitriles is 1. The monoisotopic (exact) mass is 380 g/mol. The molecule has 3 heterocycles. The van der Waals surface area contributed by atoms with Crippen LogP contribution in [0.5, 0.6) is 0 Å². The minimum Gasteiger partial charge on any atom is -0.382 e. The highest BCUT2D eigenvalue weighted by atomic mass is 35.5. The first-order valence-electron chi connectivity index (χ1n) is 8.40. The molecule has 1 amide bonds. The highest BCUT2D eigenvalue weighted by Gasteiger charge is 2.35. The van der Waals surface area contributed by atoms with Crippen LogP contribution in [-0.2, 0) is 9.63 Å². The fraction of sp³-hybridized carbons (Fsp3) is 0.588. The highest BCUT2D eigenvalue weighted by molar-refractivity contribution is 7.18. The molecule has 0 bridgehead atoms. The average molecular weight is 381 g/mol. The Balaban J connectivity index is 1.53. The molecule has 1 saturated heterocycles. The van der Waals surface area contributed by atoms with Gasteiger partial charge in [0.1, 0.15) is 11.8 Å². The van der Waals surface area contributed by atoms with Crippen molar-refractivity contribution >= 4 is 34.6 Å². The second-order valence-electron chi connectivity index (χ2n) is 6.62. The average Bonchev–Trinajstić information content (AvgIpc) is 3.24. The molecule has 2 aliphatic heterocycles. The number of oxime groups is 1. The number of nitrogens with zero attached hydrogens (tertiary/aromatic N) is 4. The third kappa shape index (κ3) is 3.97. The molecule has 2 unspecified atom stereocenters. The zero-order valence-corrected chi connectivity index (χ0v) is 15.9. The summed E-state index contributed by atoms with van der Waals surface area (Å²) in [5.41, 5.74) is 0.776. The Hall–Kier alpha value is -1.62. The molecule has 25 heavy (non-hydrogen) atoms. The minimum atomic E-state index is -0.556. The standard InChI is InChI=1S/C17H21ClN4O2S/c1-11(2)13(10-19)21-5-7-22(8-6-21)17(23)14-9-12(20-24-14)15-3-4-16(18)25-15/h3-4,11,13-14H,5-9H2,1-2H3. The fourth-order valence-electron chi connectivity index (χ4n) is 3.20. The maximum atomic E-state index is 12.7. The van der Waals surface area contributed by atoms with Crippen molar-refractivity contribution in [3.8, 4) is 6.07 Å². The molecule has 0 saturated carbocycles. The van der Waals surface area contributed by atoms with E-state index in [0.717, 1.165) is 10.6 Å². The third-order valence-electron chi connectivity index (χ3n) is 4.59. The van der Waals surface area contributed by atoms with E-state index in [1.165, 1.54) is 11.3 Å². The SMILES string of the molecule is CC(C)C(C#N)N1CCN(C(=O)C2CC(c3ccc(Cl)s3)=NO2)CC1. The predicted octanol–water partition coefficient (Wildman–Crippen LogP) is 2.59. The maximum absolute atomic E-state index is 12.7. The normalized spacial score (nSPS) is 22.4. The molecular weight excluding hydrogens is 360 g/mol. The van der Waals surface area contributed by atoms with Gasteiger partial charge in [0, 0.05) is 32.6 Å². The zero-order valence-electron chi connectivity index (χ0n) is 14.3. The number of carbonyl (C=O) groups is 1. The van der Waals surface area contributed by atoms with Gasteiger partial charge in [-0.25, -0.2) is 0 Å². The molecule has 0 spiro atoms. The van der Waals surface area contributed by atoms with Crippen LogP contribution in [0, 0.1) is 17.2 Å². The Kier molecular flexibility index (Phi) is 5.62. The number of halogens is 1. The summed E-state index contributed by atoms with van der Waals surface area (Å²) < 4.78 is 0.695. The van der Waals surface area contributed by atoms with Crippen molar-refractivity contribution in [3.05, 3.63) is 21.3 Å². The van der Waals surface area contributed by atoms with Crippen LogP contribution >= 0.6 is 22.9 Å². The van der Waals surface area contributed by atoms with Crippen molar-refractivity contribution in [3.63, 3.8) is 0 Å². The van der Waals surface area contributed by atoms with E-state index in [1.807, 2.05) is 30.9 Å². The molecule has 2 atom stereocenters. The first-order chi connectivity index (χ1) is 12.0. The van der Waals surface area contributed by atoms with Gasteiger partial charge in [0.05, 0.1) is 15.3 Å². The fourth-order valence-corrected chi connectivity index (χ4v) is 4.23. The summed E-state index contributed by atoms with van der Waals surface area (Å²) >= 11 is 7.39. The van der Waals surface area contributed by atoms with Crippen LogP contribution in [0.25, 0.3) is 0 Å². The number of hydrogen-bond donors (Lipinski definition) is 0. The summed E-state index contributed by atoms with van der Waals surface area (Å²) in [4.78, 5) is 23.0. The summed E-state index contributed by atoms with van der Waals surface area (Å²) in [6.45, 7) is 6.75. The van der Waals surface area contributed by atoms with Gasteiger partial charge in [0.2, 0.25) is 6.10 Å². The van der Waals surface area contributed by atoms with Gasteiger partial charge in [-0.1, -0.05) is 30.6 Å². The van der Waals surface area contributed by atoms with Gasteiger partial charge in [-0.05, 0) is 18.1 Å². The number of carbonyl (C=O) groups excluding carboxylic acids is 1. The van der Waals surface area contributed by atoms with Gasteiger partial charge in [0.15, 0.2) is 0 Å². The summed E-state index contributed by atoms with van der Waals surface area (Å²) in [6.07, 6.45) is -0.0813. The minimum absolute atomic E-state index is 0.0286. The van der Waals surface area contributed by atoms with Crippen molar-refractivity contribution in [2.45, 2.75) is 32.4 Å². The summed E-state index contributed by atoms with van der Waals surface area (Å²) in [6, 6.07) is 5.98. The first-order valence-corrected chi connectivity index (χ1v) is 9.60. The van der Waals surface area contributed by atoms with Gasteiger partial charge >= 0.3 is 0 Å². The molecule has 3 rings (SSSR count). The zero-order chi connectivity index (χ0) is 18.0. The molecule has 2 aliphatic rings. The van der Waals surface area contributed by atoms with E-state index < -0.39 is 6.10 Å². The van der Waals surface area contributed by atoms with E-state index >= 15 is 0 Å². The lowest BCUT2D eigenvalue weighted by Gasteiger charge is -2.38. The molecular formula is C17H21ClN4O2S. The third-order valence-corrected chi connectivity index (χ3v) is 5.87. The molecule has 0 aliphatic carbocycles. The Morgan fingerprint density at radius 2 is 2.12 bits per heavy atom. The van der Waals surface area contributed by atoms with Gasteiger partial charge in [0.25, 0.3) is 5.91 Å². The lowest BCUT2D eigenvalue weighted by atomic mass is 10.0. The summed E-state index contributed by atoms with van der Waals surface area (Å²) in [5.74, 6) is 0.248. The Labute approximate surface area is 156 Å². The lowest BCUT2D eigenvalue weighted by Crippen LogP contribution is -2.54. The van der Waals surface area contributed by atoms with Gasteiger partial charge in [-0.15, -0.1) is 11.3 Å². The van der Waals surface area contributed by atoms with Crippen molar-refractivity contribution < 1.29 is 9.63 Å². The van der Waals surface area contributed by atoms with Gasteiger partial charge in [-0.2, -0.15) is 5.26 Å². The van der Waals surface area contributed by atoms with E-state index in [2.05, 4.69) is 16.1 Å². The molecule has 6 nitrogen and oxygen atoms in total.